The number of nitrogens with two attached hydrogens (primary N) is 1. The highest BCUT2D eigenvalue weighted by Gasteiger charge is 2.14. The minimum atomic E-state index is -0.493. The zero-order chi connectivity index (χ0) is 7.56. The molecular formula is C5H8ClN3O2. The molecule has 0 aromatic carbocycles. The predicted octanol–water partition coefficient (Wildman–Crippen LogP) is -0.0279. The number of hydrogen-bond donors (Lipinski definition) is 2. The van der Waals surface area contributed by atoms with Crippen LogP contribution in [0.3, 0.4) is 0 Å². The molecule has 1 heterocycles. The van der Waals surface area contributed by atoms with Crippen LogP contribution in [-0.4, -0.2) is 11.5 Å². The van der Waals surface area contributed by atoms with Crippen LogP contribution in [0.2, 0.25) is 0 Å². The van der Waals surface area contributed by atoms with Gasteiger partial charge in [0.1, 0.15) is 5.70 Å². The van der Waals surface area contributed by atoms with Gasteiger partial charge in [-0.05, 0) is 0 Å². The zero-order valence-electron chi connectivity index (χ0n) is 5.61. The van der Waals surface area contributed by atoms with Crippen LogP contribution in [0.25, 0.3) is 0 Å². The van der Waals surface area contributed by atoms with Gasteiger partial charge in [0.15, 0.2) is 0 Å². The van der Waals surface area contributed by atoms with E-state index in [1.54, 1.807) is 0 Å². The molecule has 1 aliphatic rings. The summed E-state index contributed by atoms with van der Waals surface area (Å²) >= 11 is 0. The Kier molecular flexibility index (Phi) is 3.39. The third-order valence-corrected chi connectivity index (χ3v) is 1.18. The Balaban J connectivity index is 0.000001000. The SMILES string of the molecule is Cl.NC1=C([N+](=O)[O-])C=CNC1. The molecule has 0 bridgehead atoms. The van der Waals surface area contributed by atoms with Crippen molar-refractivity contribution in [1.82, 2.24) is 5.32 Å². The third kappa shape index (κ3) is 2.12. The van der Waals surface area contributed by atoms with Crippen LogP contribution in [0.4, 0.5) is 0 Å². The van der Waals surface area contributed by atoms with Crippen molar-refractivity contribution in [1.29, 1.82) is 0 Å². The molecule has 0 saturated carbocycles. The predicted molar refractivity (Wildman–Crippen MR) is 42.6 cm³/mol. The Morgan fingerprint density at radius 3 is 2.73 bits per heavy atom. The summed E-state index contributed by atoms with van der Waals surface area (Å²) in [5, 5.41) is 12.9. The molecule has 11 heavy (non-hydrogen) atoms. The highest BCUT2D eigenvalue weighted by atomic mass is 35.5. The van der Waals surface area contributed by atoms with E-state index in [2.05, 4.69) is 5.32 Å². The van der Waals surface area contributed by atoms with Gasteiger partial charge in [-0.1, -0.05) is 0 Å². The summed E-state index contributed by atoms with van der Waals surface area (Å²) in [7, 11) is 0. The van der Waals surface area contributed by atoms with Gasteiger partial charge in [-0.3, -0.25) is 10.1 Å². The average molecular weight is 178 g/mol. The molecule has 3 N–H and O–H groups in total. The Morgan fingerprint density at radius 2 is 2.36 bits per heavy atom. The molecule has 0 aromatic heterocycles. The molecule has 1 rings (SSSR count). The molecule has 0 unspecified atom stereocenters. The molecule has 0 aliphatic carbocycles. The van der Waals surface area contributed by atoms with Gasteiger partial charge in [-0.2, -0.15) is 0 Å². The normalized spacial score (nSPS) is 15.3. The molecule has 62 valence electrons. The van der Waals surface area contributed by atoms with Crippen LogP contribution in [0.1, 0.15) is 0 Å². The van der Waals surface area contributed by atoms with Gasteiger partial charge in [0, 0.05) is 12.3 Å². The Morgan fingerprint density at radius 1 is 1.73 bits per heavy atom. The van der Waals surface area contributed by atoms with Gasteiger partial charge in [0.05, 0.1) is 11.5 Å². The average Bonchev–Trinajstić information content (AvgIpc) is 1.88. The second-order valence-corrected chi connectivity index (χ2v) is 1.88. The van der Waals surface area contributed by atoms with Gasteiger partial charge in [0.2, 0.25) is 0 Å². The Hall–Kier alpha value is -1.23. The van der Waals surface area contributed by atoms with Crippen molar-refractivity contribution in [3.8, 4) is 0 Å². The van der Waals surface area contributed by atoms with E-state index in [-0.39, 0.29) is 23.8 Å². The summed E-state index contributed by atoms with van der Waals surface area (Å²) in [5.41, 5.74) is 5.56. The number of rotatable bonds is 1. The molecule has 0 spiro atoms. The summed E-state index contributed by atoms with van der Waals surface area (Å²) in [5.74, 6) is 0. The van der Waals surface area contributed by atoms with Gasteiger partial charge >= 0.3 is 0 Å². The number of nitrogens with zero attached hydrogens (tertiary/aromatic N) is 1. The summed E-state index contributed by atoms with van der Waals surface area (Å²) in [6.07, 6.45) is 2.85. The van der Waals surface area contributed by atoms with Gasteiger partial charge in [0.25, 0.3) is 5.70 Å². The van der Waals surface area contributed by atoms with Gasteiger partial charge in [-0.15, -0.1) is 12.4 Å². The molecule has 6 heteroatoms. The Bertz CT molecular complexity index is 224. The van der Waals surface area contributed by atoms with Crippen LogP contribution >= 0.6 is 12.4 Å². The topological polar surface area (TPSA) is 81.2 Å². The molecule has 0 radical (unpaired) electrons. The lowest BCUT2D eigenvalue weighted by atomic mass is 10.3. The van der Waals surface area contributed by atoms with Gasteiger partial charge < -0.3 is 11.1 Å². The fourth-order valence-corrected chi connectivity index (χ4v) is 0.682. The van der Waals surface area contributed by atoms with E-state index in [0.29, 0.717) is 6.54 Å². The number of nitrogens with one attached hydrogen (secondary N) is 1. The minimum Gasteiger partial charge on any atom is -0.395 e. The van der Waals surface area contributed by atoms with Crippen LogP contribution in [-0.2, 0) is 0 Å². The maximum atomic E-state index is 10.2. The van der Waals surface area contributed by atoms with Crippen molar-refractivity contribution in [2.75, 3.05) is 6.54 Å². The van der Waals surface area contributed by atoms with E-state index < -0.39 is 4.92 Å². The summed E-state index contributed by atoms with van der Waals surface area (Å²) in [6, 6.07) is 0. The standard InChI is InChI=1S/C5H7N3O2.ClH/c6-4-3-7-2-1-5(4)8(9)10;/h1-2,7H,3,6H2;1H. The lowest BCUT2D eigenvalue weighted by molar-refractivity contribution is -0.420. The maximum absolute atomic E-state index is 10.2. The number of dihydropyridines is 1. The summed E-state index contributed by atoms with van der Waals surface area (Å²) < 4.78 is 0. The van der Waals surface area contributed by atoms with Crippen LogP contribution in [0.5, 0.6) is 0 Å². The monoisotopic (exact) mass is 177 g/mol. The largest absolute Gasteiger partial charge is 0.395 e. The first kappa shape index (κ1) is 9.77. The van der Waals surface area contributed by atoms with Crippen molar-refractivity contribution in [2.45, 2.75) is 0 Å². The van der Waals surface area contributed by atoms with E-state index in [1.165, 1.54) is 12.3 Å². The fraction of sp³-hybridized carbons (Fsp3) is 0.200. The molecular weight excluding hydrogens is 170 g/mol. The van der Waals surface area contributed by atoms with Gasteiger partial charge in [-0.25, -0.2) is 0 Å². The van der Waals surface area contributed by atoms with E-state index in [0.717, 1.165) is 0 Å². The number of hydrogen-bond acceptors (Lipinski definition) is 4. The number of allylic oxidation sites excluding steroid dienone is 1. The second kappa shape index (κ2) is 3.82. The Labute approximate surface area is 69.5 Å². The van der Waals surface area contributed by atoms with E-state index in [4.69, 9.17) is 5.73 Å². The quantitative estimate of drug-likeness (QED) is 0.436. The number of halogens is 1. The van der Waals surface area contributed by atoms with Crippen molar-refractivity contribution < 1.29 is 4.92 Å². The first-order valence-electron chi connectivity index (χ1n) is 2.75. The minimum absolute atomic E-state index is 0. The van der Waals surface area contributed by atoms with Crippen molar-refractivity contribution >= 4 is 12.4 Å². The second-order valence-electron chi connectivity index (χ2n) is 1.88. The summed E-state index contributed by atoms with van der Waals surface area (Å²) in [6.45, 7) is 0.354. The fourth-order valence-electron chi connectivity index (χ4n) is 0.682. The van der Waals surface area contributed by atoms with E-state index >= 15 is 0 Å². The molecule has 0 atom stereocenters. The molecule has 5 nitrogen and oxygen atoms in total. The van der Waals surface area contributed by atoms with Crippen molar-refractivity contribution in [3.63, 3.8) is 0 Å². The third-order valence-electron chi connectivity index (χ3n) is 1.18. The number of nitro groups is 1. The highest BCUT2D eigenvalue weighted by Crippen LogP contribution is 2.04. The van der Waals surface area contributed by atoms with Crippen LogP contribution in [0.15, 0.2) is 23.7 Å². The molecule has 0 amide bonds. The molecule has 1 aliphatic heterocycles. The first-order valence-corrected chi connectivity index (χ1v) is 2.75. The lowest BCUT2D eigenvalue weighted by Gasteiger charge is -2.05. The first-order chi connectivity index (χ1) is 4.72. The van der Waals surface area contributed by atoms with Crippen molar-refractivity contribution in [3.05, 3.63) is 33.8 Å². The van der Waals surface area contributed by atoms with Crippen molar-refractivity contribution in [2.24, 2.45) is 5.73 Å². The molecule has 0 saturated heterocycles. The summed E-state index contributed by atoms with van der Waals surface area (Å²) in [4.78, 5) is 9.66. The highest BCUT2D eigenvalue weighted by molar-refractivity contribution is 5.85. The maximum Gasteiger partial charge on any atom is 0.291 e. The van der Waals surface area contributed by atoms with E-state index in [1.807, 2.05) is 0 Å². The smallest absolute Gasteiger partial charge is 0.291 e. The lowest BCUT2D eigenvalue weighted by Crippen LogP contribution is -2.23. The molecule has 0 fully saturated rings. The van der Waals surface area contributed by atoms with Crippen LogP contribution in [0, 0.1) is 10.1 Å². The van der Waals surface area contributed by atoms with Crippen LogP contribution < -0.4 is 11.1 Å². The molecule has 0 aromatic rings. The zero-order valence-corrected chi connectivity index (χ0v) is 6.43. The van der Waals surface area contributed by atoms with E-state index in [9.17, 15) is 10.1 Å².